The number of anilines is 1. The number of rotatable bonds is 2. The molecule has 3 heteroatoms. The van der Waals surface area contributed by atoms with Crippen molar-refractivity contribution in [2.75, 3.05) is 11.9 Å². The van der Waals surface area contributed by atoms with Gasteiger partial charge in [-0.25, -0.2) is 0 Å². The van der Waals surface area contributed by atoms with Crippen LogP contribution in [0.25, 0.3) is 0 Å². The number of hydrogen-bond acceptors (Lipinski definition) is 3. The number of hydrogen-bond donors (Lipinski definition) is 1. The molecule has 0 radical (unpaired) electrons. The number of nitrogens with zero attached hydrogens (tertiary/aromatic N) is 1. The SMILES string of the molecule is CN(c1cccs1)C1CCCCC1N. The molecule has 0 spiro atoms. The Balaban J connectivity index is 2.06. The van der Waals surface area contributed by atoms with Crippen molar-refractivity contribution in [3.63, 3.8) is 0 Å². The molecule has 0 bridgehead atoms. The monoisotopic (exact) mass is 210 g/mol. The zero-order valence-electron chi connectivity index (χ0n) is 8.65. The Bertz CT molecular complexity index is 271. The predicted octanol–water partition coefficient (Wildman–Crippen LogP) is 2.45. The van der Waals surface area contributed by atoms with Crippen molar-refractivity contribution in [2.24, 2.45) is 5.73 Å². The maximum atomic E-state index is 6.15. The molecule has 0 aliphatic heterocycles. The van der Waals surface area contributed by atoms with Crippen LogP contribution in [0.1, 0.15) is 25.7 Å². The average Bonchev–Trinajstić information content (AvgIpc) is 2.70. The fraction of sp³-hybridized carbons (Fsp3) is 0.636. The van der Waals surface area contributed by atoms with Gasteiger partial charge in [-0.15, -0.1) is 11.3 Å². The lowest BCUT2D eigenvalue weighted by molar-refractivity contribution is 0.374. The molecule has 1 aliphatic rings. The van der Waals surface area contributed by atoms with Crippen LogP contribution in [0.3, 0.4) is 0 Å². The van der Waals surface area contributed by atoms with E-state index < -0.39 is 0 Å². The third-order valence-corrected chi connectivity index (χ3v) is 4.09. The van der Waals surface area contributed by atoms with E-state index in [-0.39, 0.29) is 0 Å². The lowest BCUT2D eigenvalue weighted by Crippen LogP contribution is -2.47. The summed E-state index contributed by atoms with van der Waals surface area (Å²) in [5.74, 6) is 0. The molecule has 2 unspecified atom stereocenters. The molecular weight excluding hydrogens is 192 g/mol. The molecule has 1 aromatic heterocycles. The summed E-state index contributed by atoms with van der Waals surface area (Å²) in [4.78, 5) is 2.36. The second-order valence-electron chi connectivity index (χ2n) is 4.08. The fourth-order valence-corrected chi connectivity index (χ4v) is 3.01. The Morgan fingerprint density at radius 1 is 1.43 bits per heavy atom. The molecular formula is C11H18N2S. The van der Waals surface area contributed by atoms with Gasteiger partial charge in [0.2, 0.25) is 0 Å². The Morgan fingerprint density at radius 2 is 2.21 bits per heavy atom. The third kappa shape index (κ3) is 1.93. The van der Waals surface area contributed by atoms with Crippen LogP contribution >= 0.6 is 11.3 Å². The topological polar surface area (TPSA) is 29.3 Å². The van der Waals surface area contributed by atoms with Crippen LogP contribution in [0.4, 0.5) is 5.00 Å². The van der Waals surface area contributed by atoms with E-state index in [4.69, 9.17) is 5.73 Å². The van der Waals surface area contributed by atoms with Crippen LogP contribution in [-0.2, 0) is 0 Å². The minimum absolute atomic E-state index is 0.357. The molecule has 0 saturated heterocycles. The predicted molar refractivity (Wildman–Crippen MR) is 63.0 cm³/mol. The average molecular weight is 210 g/mol. The van der Waals surface area contributed by atoms with Gasteiger partial charge in [0.1, 0.15) is 0 Å². The second kappa shape index (κ2) is 4.32. The first-order chi connectivity index (χ1) is 6.79. The van der Waals surface area contributed by atoms with Crippen molar-refractivity contribution in [3.8, 4) is 0 Å². The highest BCUT2D eigenvalue weighted by atomic mass is 32.1. The number of nitrogens with two attached hydrogens (primary N) is 1. The zero-order chi connectivity index (χ0) is 9.97. The third-order valence-electron chi connectivity index (χ3n) is 3.13. The number of thiophene rings is 1. The van der Waals surface area contributed by atoms with E-state index >= 15 is 0 Å². The maximum Gasteiger partial charge on any atom is 0.0908 e. The molecule has 2 rings (SSSR count). The van der Waals surface area contributed by atoms with Gasteiger partial charge in [-0.2, -0.15) is 0 Å². The van der Waals surface area contributed by atoms with Crippen LogP contribution in [-0.4, -0.2) is 19.1 Å². The van der Waals surface area contributed by atoms with Gasteiger partial charge in [0.05, 0.1) is 5.00 Å². The minimum Gasteiger partial charge on any atom is -0.362 e. The lowest BCUT2D eigenvalue weighted by atomic mass is 9.90. The van der Waals surface area contributed by atoms with Gasteiger partial charge in [0.25, 0.3) is 0 Å². The van der Waals surface area contributed by atoms with Gasteiger partial charge in [0.15, 0.2) is 0 Å². The normalized spacial score (nSPS) is 27.6. The van der Waals surface area contributed by atoms with Gasteiger partial charge < -0.3 is 10.6 Å². The summed E-state index contributed by atoms with van der Waals surface area (Å²) in [5, 5.41) is 3.47. The van der Waals surface area contributed by atoms with Gasteiger partial charge >= 0.3 is 0 Å². The summed E-state index contributed by atoms with van der Waals surface area (Å²) < 4.78 is 0. The van der Waals surface area contributed by atoms with E-state index in [1.807, 2.05) is 0 Å². The summed E-state index contributed by atoms with van der Waals surface area (Å²) in [7, 11) is 2.17. The highest BCUT2D eigenvalue weighted by Gasteiger charge is 2.25. The molecule has 1 aromatic rings. The van der Waals surface area contributed by atoms with Crippen molar-refractivity contribution >= 4 is 16.3 Å². The largest absolute Gasteiger partial charge is 0.362 e. The summed E-state index contributed by atoms with van der Waals surface area (Å²) in [5.41, 5.74) is 6.15. The lowest BCUT2D eigenvalue weighted by Gasteiger charge is -2.36. The van der Waals surface area contributed by atoms with Crippen molar-refractivity contribution in [3.05, 3.63) is 17.5 Å². The Morgan fingerprint density at radius 3 is 2.86 bits per heavy atom. The molecule has 1 saturated carbocycles. The van der Waals surface area contributed by atoms with Gasteiger partial charge in [0, 0.05) is 19.1 Å². The van der Waals surface area contributed by atoms with E-state index in [1.54, 1.807) is 11.3 Å². The summed E-state index contributed by atoms with van der Waals surface area (Å²) in [6, 6.07) is 5.18. The van der Waals surface area contributed by atoms with Crippen LogP contribution in [0, 0.1) is 0 Å². The van der Waals surface area contributed by atoms with Crippen LogP contribution < -0.4 is 10.6 Å². The van der Waals surface area contributed by atoms with E-state index in [1.165, 1.54) is 30.7 Å². The zero-order valence-corrected chi connectivity index (χ0v) is 9.46. The van der Waals surface area contributed by atoms with Crippen LogP contribution in [0.2, 0.25) is 0 Å². The van der Waals surface area contributed by atoms with E-state index in [0.29, 0.717) is 12.1 Å². The Kier molecular flexibility index (Phi) is 3.08. The van der Waals surface area contributed by atoms with Crippen LogP contribution in [0.15, 0.2) is 17.5 Å². The molecule has 78 valence electrons. The van der Waals surface area contributed by atoms with Crippen molar-refractivity contribution in [2.45, 2.75) is 37.8 Å². The fourth-order valence-electron chi connectivity index (χ4n) is 2.25. The molecule has 0 aromatic carbocycles. The first-order valence-corrected chi connectivity index (χ1v) is 6.19. The van der Waals surface area contributed by atoms with E-state index in [2.05, 4.69) is 29.5 Å². The highest BCUT2D eigenvalue weighted by molar-refractivity contribution is 7.14. The first-order valence-electron chi connectivity index (χ1n) is 5.31. The Hall–Kier alpha value is -0.540. The molecule has 2 N–H and O–H groups in total. The summed E-state index contributed by atoms with van der Waals surface area (Å²) in [6.45, 7) is 0. The van der Waals surface area contributed by atoms with Gasteiger partial charge in [-0.3, -0.25) is 0 Å². The molecule has 1 heterocycles. The molecule has 1 aliphatic carbocycles. The molecule has 14 heavy (non-hydrogen) atoms. The summed E-state index contributed by atoms with van der Waals surface area (Å²) in [6.07, 6.45) is 5.06. The van der Waals surface area contributed by atoms with Crippen molar-refractivity contribution < 1.29 is 0 Å². The number of likely N-dealkylation sites (N-methyl/N-ethyl adjacent to an activating group) is 1. The van der Waals surface area contributed by atoms with Crippen LogP contribution in [0.5, 0.6) is 0 Å². The quantitative estimate of drug-likeness (QED) is 0.812. The highest BCUT2D eigenvalue weighted by Crippen LogP contribution is 2.28. The molecule has 0 amide bonds. The molecule has 2 atom stereocenters. The van der Waals surface area contributed by atoms with Gasteiger partial charge in [-0.05, 0) is 30.4 Å². The smallest absolute Gasteiger partial charge is 0.0908 e. The molecule has 1 fully saturated rings. The van der Waals surface area contributed by atoms with E-state index in [9.17, 15) is 0 Å². The minimum atomic E-state index is 0.357. The van der Waals surface area contributed by atoms with Crippen molar-refractivity contribution in [1.29, 1.82) is 0 Å². The van der Waals surface area contributed by atoms with Crippen molar-refractivity contribution in [1.82, 2.24) is 0 Å². The standard InChI is InChI=1S/C11H18N2S/c1-13(11-7-4-8-14-11)10-6-3-2-5-9(10)12/h4,7-10H,2-3,5-6,12H2,1H3. The Labute approximate surface area is 89.7 Å². The molecule has 2 nitrogen and oxygen atoms in total. The summed E-state index contributed by atoms with van der Waals surface area (Å²) >= 11 is 1.80. The second-order valence-corrected chi connectivity index (χ2v) is 5.00. The first kappa shape index (κ1) is 9.99. The van der Waals surface area contributed by atoms with E-state index in [0.717, 1.165) is 0 Å². The maximum absolute atomic E-state index is 6.15. The van der Waals surface area contributed by atoms with Gasteiger partial charge in [-0.1, -0.05) is 12.8 Å².